The predicted octanol–water partition coefficient (Wildman–Crippen LogP) is 1.01. The minimum absolute atomic E-state index is 0.0366. The van der Waals surface area contributed by atoms with Crippen LogP contribution in [0.15, 0.2) is 35.3 Å². The molecule has 2 fully saturated rings. The summed E-state index contributed by atoms with van der Waals surface area (Å²) in [5, 5.41) is 14.2. The van der Waals surface area contributed by atoms with Gasteiger partial charge in [-0.1, -0.05) is 44.2 Å². The summed E-state index contributed by atoms with van der Waals surface area (Å²) in [4.78, 5) is 70.6. The number of aliphatic carboxylic acids is 1. The zero-order chi connectivity index (χ0) is 32.4. The van der Waals surface area contributed by atoms with Crippen molar-refractivity contribution in [2.45, 2.75) is 88.0 Å². The molecule has 0 bridgehead atoms. The van der Waals surface area contributed by atoms with Crippen molar-refractivity contribution < 1.29 is 29.1 Å². The zero-order valence-electron chi connectivity index (χ0n) is 25.7. The molecule has 1 unspecified atom stereocenters. The van der Waals surface area contributed by atoms with Crippen LogP contribution in [0.25, 0.3) is 0 Å². The Bertz CT molecular complexity index is 1220. The van der Waals surface area contributed by atoms with Gasteiger partial charge in [0.15, 0.2) is 5.96 Å². The van der Waals surface area contributed by atoms with Gasteiger partial charge in [0.1, 0.15) is 12.1 Å². The molecule has 14 heteroatoms. The highest BCUT2D eigenvalue weighted by Gasteiger charge is 2.53. The Balaban J connectivity index is 1.74. The topological polar surface area (TPSA) is 201 Å². The lowest BCUT2D eigenvalue weighted by atomic mass is 9.99. The lowest BCUT2D eigenvalue weighted by Gasteiger charge is -2.44. The number of hydrogen-bond donors (Lipinski definition) is 5. The van der Waals surface area contributed by atoms with Gasteiger partial charge in [0, 0.05) is 39.5 Å². The second-order valence-corrected chi connectivity index (χ2v) is 13.3. The summed E-state index contributed by atoms with van der Waals surface area (Å²) in [5.74, 6) is -2.25. The number of nitrogens with zero attached hydrogens (tertiary/aromatic N) is 3. The summed E-state index contributed by atoms with van der Waals surface area (Å²) in [5.41, 5.74) is 11.7. The van der Waals surface area contributed by atoms with Crippen LogP contribution in [0.4, 0.5) is 0 Å². The van der Waals surface area contributed by atoms with Crippen LogP contribution >= 0.6 is 11.8 Å². The first-order chi connectivity index (χ1) is 20.8. The molecule has 0 radical (unpaired) electrons. The standard InChI is InChI=1S/C30H45N7O6S/c1-19(2)16-23(28(42)43)35-25(39)17-24-27(41)37(18-21-8-5-4-6-9-21)30(44-24)11-14-36(15-12-30)26(40)22(34-20(3)38)10-7-13-33-29(31)32/h4-6,8-9,19,22-24H,7,10-18H2,1-3H3,(H,34,38)(H,35,39)(H,42,43)(H4,31,32,33)/t22-,23-,24?/m0/s1. The molecule has 0 aromatic heterocycles. The first-order valence-electron chi connectivity index (χ1n) is 15.0. The van der Waals surface area contributed by atoms with Gasteiger partial charge in [-0.15, -0.1) is 11.8 Å². The van der Waals surface area contributed by atoms with Crippen LogP contribution < -0.4 is 22.1 Å². The van der Waals surface area contributed by atoms with Crippen molar-refractivity contribution in [2.75, 3.05) is 19.6 Å². The minimum Gasteiger partial charge on any atom is -0.480 e. The molecule has 3 atom stereocenters. The van der Waals surface area contributed by atoms with Gasteiger partial charge in [0.25, 0.3) is 0 Å². The Morgan fingerprint density at radius 1 is 1.09 bits per heavy atom. The van der Waals surface area contributed by atoms with Gasteiger partial charge in [0.05, 0.1) is 10.1 Å². The van der Waals surface area contributed by atoms with Crippen molar-refractivity contribution in [1.82, 2.24) is 20.4 Å². The molecule has 44 heavy (non-hydrogen) atoms. The minimum atomic E-state index is -1.11. The molecule has 4 amide bonds. The molecule has 2 heterocycles. The van der Waals surface area contributed by atoms with Crippen LogP contribution in [-0.2, 0) is 30.5 Å². The average molecular weight is 632 g/mol. The summed E-state index contributed by atoms with van der Waals surface area (Å²) >= 11 is 1.42. The van der Waals surface area contributed by atoms with Gasteiger partial charge in [-0.2, -0.15) is 0 Å². The number of rotatable bonds is 14. The number of nitrogens with one attached hydrogen (secondary N) is 2. The quantitative estimate of drug-likeness (QED) is 0.113. The molecular formula is C30H45N7O6S. The second kappa shape index (κ2) is 15.8. The number of amides is 4. The fraction of sp³-hybridized carbons (Fsp3) is 0.600. The van der Waals surface area contributed by atoms with Crippen molar-refractivity contribution in [3.05, 3.63) is 35.9 Å². The van der Waals surface area contributed by atoms with E-state index in [1.54, 1.807) is 4.90 Å². The monoisotopic (exact) mass is 631 g/mol. The number of aliphatic imine (C=N–C) groups is 1. The molecule has 242 valence electrons. The van der Waals surface area contributed by atoms with Gasteiger partial charge < -0.3 is 37.0 Å². The first kappa shape index (κ1) is 34.7. The molecule has 2 saturated heterocycles. The van der Waals surface area contributed by atoms with Crippen LogP contribution in [0.5, 0.6) is 0 Å². The summed E-state index contributed by atoms with van der Waals surface area (Å²) < 4.78 is 0. The summed E-state index contributed by atoms with van der Waals surface area (Å²) in [6, 6.07) is 7.83. The summed E-state index contributed by atoms with van der Waals surface area (Å²) in [6.45, 7) is 6.54. The molecule has 3 rings (SSSR count). The number of likely N-dealkylation sites (tertiary alicyclic amines) is 1. The Hall–Kier alpha value is -3.81. The molecule has 2 aliphatic heterocycles. The van der Waals surface area contributed by atoms with E-state index in [9.17, 15) is 29.1 Å². The fourth-order valence-corrected chi connectivity index (χ4v) is 7.37. The van der Waals surface area contributed by atoms with Crippen molar-refractivity contribution in [3.63, 3.8) is 0 Å². The van der Waals surface area contributed by atoms with Crippen molar-refractivity contribution in [2.24, 2.45) is 22.4 Å². The van der Waals surface area contributed by atoms with Crippen LogP contribution in [-0.4, -0.2) is 92.3 Å². The average Bonchev–Trinajstić information content (AvgIpc) is 3.19. The van der Waals surface area contributed by atoms with Gasteiger partial charge in [-0.05, 0) is 43.6 Å². The summed E-state index contributed by atoms with van der Waals surface area (Å²) in [7, 11) is 0. The van der Waals surface area contributed by atoms with E-state index in [0.29, 0.717) is 51.9 Å². The highest BCUT2D eigenvalue weighted by molar-refractivity contribution is 8.02. The van der Waals surface area contributed by atoms with Crippen LogP contribution in [0.2, 0.25) is 0 Å². The third-order valence-electron chi connectivity index (χ3n) is 7.77. The Morgan fingerprint density at radius 3 is 2.32 bits per heavy atom. The molecule has 1 spiro atoms. The number of thioether (sulfide) groups is 1. The van der Waals surface area contributed by atoms with Crippen molar-refractivity contribution in [3.8, 4) is 0 Å². The Morgan fingerprint density at radius 2 is 1.75 bits per heavy atom. The van der Waals surface area contributed by atoms with E-state index in [-0.39, 0.29) is 42.4 Å². The number of piperidine rings is 1. The zero-order valence-corrected chi connectivity index (χ0v) is 26.5. The number of benzene rings is 1. The molecular weight excluding hydrogens is 586 g/mol. The van der Waals surface area contributed by atoms with E-state index in [0.717, 1.165) is 5.56 Å². The van der Waals surface area contributed by atoms with Gasteiger partial charge in [-0.25, -0.2) is 4.79 Å². The number of nitrogens with two attached hydrogens (primary N) is 2. The number of carbonyl (C=O) groups is 5. The second-order valence-electron chi connectivity index (χ2n) is 11.8. The molecule has 1 aromatic rings. The van der Waals surface area contributed by atoms with Gasteiger partial charge >= 0.3 is 5.97 Å². The maximum absolute atomic E-state index is 13.8. The number of guanidine groups is 1. The maximum Gasteiger partial charge on any atom is 0.326 e. The third-order valence-corrected chi connectivity index (χ3v) is 9.49. The van der Waals surface area contributed by atoms with E-state index >= 15 is 0 Å². The highest BCUT2D eigenvalue weighted by Crippen LogP contribution is 2.49. The molecule has 13 nitrogen and oxygen atoms in total. The van der Waals surface area contributed by atoms with Crippen LogP contribution in [0, 0.1) is 5.92 Å². The normalized spacial score (nSPS) is 19.0. The highest BCUT2D eigenvalue weighted by atomic mass is 32.2. The van der Waals surface area contributed by atoms with Gasteiger partial charge in [-0.3, -0.25) is 24.2 Å². The lowest BCUT2D eigenvalue weighted by molar-refractivity contribution is -0.142. The smallest absolute Gasteiger partial charge is 0.326 e. The third kappa shape index (κ3) is 9.60. The van der Waals surface area contributed by atoms with Crippen LogP contribution in [0.1, 0.15) is 64.9 Å². The van der Waals surface area contributed by atoms with Gasteiger partial charge in [0.2, 0.25) is 23.6 Å². The molecule has 0 saturated carbocycles. The van der Waals surface area contributed by atoms with Crippen molar-refractivity contribution in [1.29, 1.82) is 0 Å². The SMILES string of the molecule is CC(=O)N[C@@H](CCCN=C(N)N)C(=O)N1CCC2(CC1)SC(CC(=O)N[C@@H](CC(C)C)C(=O)O)C(=O)N2Cc1ccccc1. The Kier molecular flexibility index (Phi) is 12.4. The number of carboxylic acid groups (broad SMARTS) is 1. The lowest BCUT2D eigenvalue weighted by Crippen LogP contribution is -2.56. The maximum atomic E-state index is 13.8. The van der Waals surface area contributed by atoms with E-state index < -0.39 is 34.1 Å². The summed E-state index contributed by atoms with van der Waals surface area (Å²) in [6.07, 6.45) is 1.98. The van der Waals surface area contributed by atoms with E-state index in [2.05, 4.69) is 15.6 Å². The number of carboxylic acids is 1. The van der Waals surface area contributed by atoms with E-state index in [1.807, 2.05) is 49.1 Å². The Labute approximate surface area is 262 Å². The molecule has 7 N–H and O–H groups in total. The first-order valence-corrected chi connectivity index (χ1v) is 15.9. The number of carbonyl (C=O) groups excluding carboxylic acids is 4. The van der Waals surface area contributed by atoms with E-state index in [1.165, 1.54) is 18.7 Å². The largest absolute Gasteiger partial charge is 0.480 e. The van der Waals surface area contributed by atoms with Crippen LogP contribution in [0.3, 0.4) is 0 Å². The number of hydrogen-bond acceptors (Lipinski definition) is 7. The van der Waals surface area contributed by atoms with Crippen molar-refractivity contribution >= 4 is 47.3 Å². The molecule has 2 aliphatic rings. The molecule has 1 aromatic carbocycles. The molecule has 0 aliphatic carbocycles. The fourth-order valence-electron chi connectivity index (χ4n) is 5.68. The van der Waals surface area contributed by atoms with E-state index in [4.69, 9.17) is 11.5 Å². The predicted molar refractivity (Wildman–Crippen MR) is 168 cm³/mol.